The highest BCUT2D eigenvalue weighted by molar-refractivity contribution is 5.88. The Morgan fingerprint density at radius 2 is 1.88 bits per heavy atom. The number of rotatable bonds is 2. The van der Waals surface area contributed by atoms with Crippen LogP contribution in [0.5, 0.6) is 5.75 Å². The van der Waals surface area contributed by atoms with Crippen LogP contribution in [-0.4, -0.2) is 16.8 Å². The van der Waals surface area contributed by atoms with Crippen molar-refractivity contribution in [3.63, 3.8) is 0 Å². The Labute approximate surface area is 95.2 Å². The van der Waals surface area contributed by atoms with Gasteiger partial charge in [0, 0.05) is 10.8 Å². The van der Waals surface area contributed by atoms with Gasteiger partial charge in [0.25, 0.3) is 0 Å². The maximum atomic E-state index is 9.67. The van der Waals surface area contributed by atoms with Crippen LogP contribution in [0.2, 0.25) is 0 Å². The third-order valence-electron chi connectivity index (χ3n) is 3.03. The molecular formula is C14H16O2. The Kier molecular flexibility index (Phi) is 2.60. The maximum Gasteiger partial charge on any atom is 0.123 e. The van der Waals surface area contributed by atoms with E-state index in [0.29, 0.717) is 5.75 Å². The van der Waals surface area contributed by atoms with Crippen LogP contribution < -0.4 is 0 Å². The monoisotopic (exact) mass is 216 g/mol. The molecule has 2 nitrogen and oxygen atoms in total. The summed E-state index contributed by atoms with van der Waals surface area (Å²) in [4.78, 5) is 0. The zero-order chi connectivity index (χ0) is 11.8. The van der Waals surface area contributed by atoms with Crippen LogP contribution in [0.25, 0.3) is 10.8 Å². The van der Waals surface area contributed by atoms with Gasteiger partial charge in [-0.15, -0.1) is 0 Å². The molecule has 0 heterocycles. The normalized spacial score (nSPS) is 11.9. The third kappa shape index (κ3) is 1.76. The third-order valence-corrected chi connectivity index (χ3v) is 3.03. The zero-order valence-corrected chi connectivity index (χ0v) is 9.57. The zero-order valence-electron chi connectivity index (χ0n) is 9.57. The molecule has 0 radical (unpaired) electrons. The molecule has 0 saturated heterocycles. The van der Waals surface area contributed by atoms with Crippen LogP contribution >= 0.6 is 0 Å². The molecule has 0 amide bonds. The molecule has 0 unspecified atom stereocenters. The summed E-state index contributed by atoms with van der Waals surface area (Å²) in [5, 5.41) is 20.8. The summed E-state index contributed by atoms with van der Waals surface area (Å²) in [6, 6.07) is 11.3. The summed E-state index contributed by atoms with van der Waals surface area (Å²) >= 11 is 0. The molecule has 0 saturated carbocycles. The van der Waals surface area contributed by atoms with E-state index in [1.165, 1.54) is 0 Å². The highest BCUT2D eigenvalue weighted by atomic mass is 16.3. The molecule has 0 aliphatic rings. The molecule has 16 heavy (non-hydrogen) atoms. The molecule has 0 spiro atoms. The van der Waals surface area contributed by atoms with Gasteiger partial charge in [-0.05, 0) is 17.0 Å². The predicted octanol–water partition coefficient (Wildman–Crippen LogP) is 2.82. The van der Waals surface area contributed by atoms with Crippen molar-refractivity contribution in [1.29, 1.82) is 0 Å². The van der Waals surface area contributed by atoms with Crippen LogP contribution in [0.1, 0.15) is 19.4 Å². The van der Waals surface area contributed by atoms with Crippen LogP contribution in [0.4, 0.5) is 0 Å². The van der Waals surface area contributed by atoms with Crippen LogP contribution in [-0.2, 0) is 5.41 Å². The van der Waals surface area contributed by atoms with Crippen molar-refractivity contribution in [2.75, 3.05) is 6.61 Å². The maximum absolute atomic E-state index is 9.67. The fourth-order valence-corrected chi connectivity index (χ4v) is 1.78. The van der Waals surface area contributed by atoms with Gasteiger partial charge in [-0.3, -0.25) is 0 Å². The summed E-state index contributed by atoms with van der Waals surface area (Å²) < 4.78 is 0. The molecular weight excluding hydrogens is 200 g/mol. The first-order valence-corrected chi connectivity index (χ1v) is 5.38. The van der Waals surface area contributed by atoms with E-state index in [9.17, 15) is 10.2 Å². The van der Waals surface area contributed by atoms with Gasteiger partial charge in [0.1, 0.15) is 5.75 Å². The second kappa shape index (κ2) is 3.80. The number of fused-ring (bicyclic) bond motifs is 1. The smallest absolute Gasteiger partial charge is 0.123 e. The number of aliphatic hydroxyl groups is 1. The molecule has 84 valence electrons. The molecule has 0 atom stereocenters. The lowest BCUT2D eigenvalue weighted by molar-refractivity contribution is 0.218. The van der Waals surface area contributed by atoms with Crippen LogP contribution in [0, 0.1) is 0 Å². The van der Waals surface area contributed by atoms with E-state index in [4.69, 9.17) is 0 Å². The molecule has 2 aromatic rings. The minimum absolute atomic E-state index is 0.108. The number of aromatic hydroxyl groups is 1. The Hall–Kier alpha value is -1.54. The fraction of sp³-hybridized carbons (Fsp3) is 0.286. The molecule has 2 heteroatoms. The topological polar surface area (TPSA) is 40.5 Å². The first-order valence-electron chi connectivity index (χ1n) is 5.38. The fourth-order valence-electron chi connectivity index (χ4n) is 1.78. The Balaban J connectivity index is 2.61. The Bertz CT molecular complexity index is 515. The summed E-state index contributed by atoms with van der Waals surface area (Å²) in [5.41, 5.74) is 0.827. The minimum atomic E-state index is -0.250. The molecule has 2 N–H and O–H groups in total. The van der Waals surface area contributed by atoms with Crippen molar-refractivity contribution >= 4 is 10.8 Å². The average Bonchev–Trinajstić information content (AvgIpc) is 2.29. The number of phenolic OH excluding ortho intramolecular Hbond substituents is 1. The Morgan fingerprint density at radius 1 is 1.12 bits per heavy atom. The minimum Gasteiger partial charge on any atom is -0.507 e. The summed E-state index contributed by atoms with van der Waals surface area (Å²) in [6.07, 6.45) is 0. The quantitative estimate of drug-likeness (QED) is 0.810. The van der Waals surface area contributed by atoms with Gasteiger partial charge in [0.15, 0.2) is 0 Å². The lowest BCUT2D eigenvalue weighted by Gasteiger charge is -2.22. The molecule has 0 aliphatic heterocycles. The number of phenols is 1. The first-order chi connectivity index (χ1) is 7.54. The van der Waals surface area contributed by atoms with Gasteiger partial charge in [0.05, 0.1) is 6.61 Å². The van der Waals surface area contributed by atoms with E-state index >= 15 is 0 Å². The number of hydrogen-bond donors (Lipinski definition) is 2. The molecule has 0 fully saturated rings. The molecule has 2 aromatic carbocycles. The molecule has 0 bridgehead atoms. The van der Waals surface area contributed by atoms with Crippen molar-refractivity contribution in [2.24, 2.45) is 0 Å². The molecule has 0 aromatic heterocycles. The van der Waals surface area contributed by atoms with Crippen molar-refractivity contribution in [1.82, 2.24) is 0 Å². The van der Waals surface area contributed by atoms with Gasteiger partial charge in [-0.1, -0.05) is 44.2 Å². The van der Waals surface area contributed by atoms with Gasteiger partial charge in [-0.2, -0.15) is 0 Å². The van der Waals surface area contributed by atoms with E-state index in [1.807, 2.05) is 44.2 Å². The van der Waals surface area contributed by atoms with Crippen molar-refractivity contribution in [3.05, 3.63) is 42.0 Å². The SMILES string of the molecule is CC(C)(CO)c1ccc2c(O)cccc2c1. The van der Waals surface area contributed by atoms with E-state index < -0.39 is 0 Å². The van der Waals surface area contributed by atoms with Gasteiger partial charge >= 0.3 is 0 Å². The standard InChI is InChI=1S/C14H16O2/c1-14(2,9-15)11-6-7-12-10(8-11)4-3-5-13(12)16/h3-8,15-16H,9H2,1-2H3. The van der Waals surface area contributed by atoms with Gasteiger partial charge in [0.2, 0.25) is 0 Å². The summed E-state index contributed by atoms with van der Waals surface area (Å²) in [5.74, 6) is 0.297. The van der Waals surface area contributed by atoms with Crippen molar-refractivity contribution in [2.45, 2.75) is 19.3 Å². The summed E-state index contributed by atoms with van der Waals surface area (Å²) in [7, 11) is 0. The predicted molar refractivity (Wildman–Crippen MR) is 65.7 cm³/mol. The number of benzene rings is 2. The average molecular weight is 216 g/mol. The number of hydrogen-bond acceptors (Lipinski definition) is 2. The molecule has 0 aliphatic carbocycles. The van der Waals surface area contributed by atoms with Gasteiger partial charge < -0.3 is 10.2 Å². The number of aliphatic hydroxyl groups excluding tert-OH is 1. The highest BCUT2D eigenvalue weighted by Crippen LogP contribution is 2.29. The lowest BCUT2D eigenvalue weighted by atomic mass is 9.84. The van der Waals surface area contributed by atoms with Crippen molar-refractivity contribution in [3.8, 4) is 5.75 Å². The van der Waals surface area contributed by atoms with E-state index in [1.54, 1.807) is 6.07 Å². The van der Waals surface area contributed by atoms with E-state index in [2.05, 4.69) is 0 Å². The second-order valence-electron chi connectivity index (χ2n) is 4.76. The molecule has 2 rings (SSSR count). The Morgan fingerprint density at radius 3 is 2.56 bits per heavy atom. The van der Waals surface area contributed by atoms with Crippen LogP contribution in [0.3, 0.4) is 0 Å². The van der Waals surface area contributed by atoms with Crippen LogP contribution in [0.15, 0.2) is 36.4 Å². The highest BCUT2D eigenvalue weighted by Gasteiger charge is 2.19. The van der Waals surface area contributed by atoms with Gasteiger partial charge in [-0.25, -0.2) is 0 Å². The van der Waals surface area contributed by atoms with Crippen molar-refractivity contribution < 1.29 is 10.2 Å². The largest absolute Gasteiger partial charge is 0.507 e. The second-order valence-corrected chi connectivity index (χ2v) is 4.76. The summed E-state index contributed by atoms with van der Waals surface area (Å²) in [6.45, 7) is 4.10. The lowest BCUT2D eigenvalue weighted by Crippen LogP contribution is -2.21. The van der Waals surface area contributed by atoms with E-state index in [0.717, 1.165) is 16.3 Å². The van der Waals surface area contributed by atoms with E-state index in [-0.39, 0.29) is 12.0 Å². The first kappa shape index (κ1) is 11.0.